The Labute approximate surface area is 92.5 Å². The lowest BCUT2D eigenvalue weighted by atomic mass is 10.2. The molecule has 0 atom stereocenters. The van der Waals surface area contributed by atoms with E-state index in [9.17, 15) is 0 Å². The summed E-state index contributed by atoms with van der Waals surface area (Å²) in [5, 5.41) is 4.54. The van der Waals surface area contributed by atoms with Crippen LogP contribution in [-0.4, -0.2) is 21.9 Å². The van der Waals surface area contributed by atoms with Crippen LogP contribution in [0.3, 0.4) is 0 Å². The van der Waals surface area contributed by atoms with Crippen LogP contribution >= 0.6 is 11.6 Å². The van der Waals surface area contributed by atoms with Crippen LogP contribution in [0.4, 0.5) is 0 Å². The van der Waals surface area contributed by atoms with Crippen LogP contribution < -0.4 is 4.74 Å². The summed E-state index contributed by atoms with van der Waals surface area (Å²) in [7, 11) is 1.61. The van der Waals surface area contributed by atoms with Crippen molar-refractivity contribution >= 4 is 11.6 Å². The first-order valence-electron chi connectivity index (χ1n) is 4.45. The maximum Gasteiger partial charge on any atom is 0.132 e. The average Bonchev–Trinajstić information content (AvgIpc) is 2.73. The van der Waals surface area contributed by atoms with Gasteiger partial charge in [0.2, 0.25) is 0 Å². The molecule has 0 aliphatic heterocycles. The number of ether oxygens (including phenoxy) is 1. The van der Waals surface area contributed by atoms with E-state index in [0.29, 0.717) is 11.7 Å². The third-order valence-electron chi connectivity index (χ3n) is 2.02. The topological polar surface area (TPSA) is 39.9 Å². The first kappa shape index (κ1) is 9.98. The number of nitrogens with zero attached hydrogens (tertiary/aromatic N) is 3. The van der Waals surface area contributed by atoms with E-state index in [1.807, 2.05) is 12.3 Å². The molecule has 2 aromatic rings. The molecule has 0 bridgehead atoms. The molecule has 15 heavy (non-hydrogen) atoms. The Morgan fingerprint density at radius 2 is 2.40 bits per heavy atom. The maximum atomic E-state index is 5.76. The fraction of sp³-hybridized carbons (Fsp3) is 0.200. The second-order valence-electron chi connectivity index (χ2n) is 3.02. The van der Waals surface area contributed by atoms with Crippen molar-refractivity contribution < 1.29 is 4.74 Å². The van der Waals surface area contributed by atoms with Crippen LogP contribution in [0.15, 0.2) is 30.7 Å². The molecule has 0 radical (unpaired) electrons. The Hall–Kier alpha value is -1.55. The molecular formula is C10H10ClN3O. The molecule has 0 amide bonds. The summed E-state index contributed by atoms with van der Waals surface area (Å²) < 4.78 is 7.01. The lowest BCUT2D eigenvalue weighted by molar-refractivity contribution is 0.406. The highest BCUT2D eigenvalue weighted by Crippen LogP contribution is 2.21. The molecule has 0 aliphatic rings. The van der Waals surface area contributed by atoms with E-state index in [2.05, 4.69) is 10.1 Å². The summed E-state index contributed by atoms with van der Waals surface area (Å²) in [6.07, 6.45) is 5.31. The fourth-order valence-corrected chi connectivity index (χ4v) is 1.47. The zero-order valence-electron chi connectivity index (χ0n) is 8.22. The minimum Gasteiger partial charge on any atom is -0.496 e. The molecule has 2 rings (SSSR count). The highest BCUT2D eigenvalue weighted by molar-refractivity contribution is 6.29. The summed E-state index contributed by atoms with van der Waals surface area (Å²) in [6.45, 7) is 0.625. The van der Waals surface area contributed by atoms with Gasteiger partial charge in [0.25, 0.3) is 0 Å². The van der Waals surface area contributed by atoms with Crippen LogP contribution in [0.25, 0.3) is 0 Å². The normalized spacial score (nSPS) is 10.3. The first-order valence-corrected chi connectivity index (χ1v) is 4.83. The third-order valence-corrected chi connectivity index (χ3v) is 2.23. The first-order chi connectivity index (χ1) is 7.29. The highest BCUT2D eigenvalue weighted by Gasteiger charge is 2.05. The molecule has 2 heterocycles. The summed E-state index contributed by atoms with van der Waals surface area (Å²) in [4.78, 5) is 4.01. The van der Waals surface area contributed by atoms with E-state index in [0.717, 1.165) is 11.3 Å². The zero-order chi connectivity index (χ0) is 10.7. The molecule has 0 aromatic carbocycles. The zero-order valence-corrected chi connectivity index (χ0v) is 8.98. The van der Waals surface area contributed by atoms with Crippen molar-refractivity contribution in [2.75, 3.05) is 7.11 Å². The van der Waals surface area contributed by atoms with E-state index < -0.39 is 0 Å². The van der Waals surface area contributed by atoms with Crippen LogP contribution in [0.5, 0.6) is 5.75 Å². The maximum absolute atomic E-state index is 5.76. The van der Waals surface area contributed by atoms with E-state index >= 15 is 0 Å². The number of hydrogen-bond donors (Lipinski definition) is 0. The minimum atomic E-state index is 0.427. The van der Waals surface area contributed by atoms with Gasteiger partial charge in [-0.3, -0.25) is 4.68 Å². The van der Waals surface area contributed by atoms with E-state index in [1.54, 1.807) is 30.3 Å². The minimum absolute atomic E-state index is 0.427. The number of hydrogen-bond acceptors (Lipinski definition) is 3. The molecule has 0 N–H and O–H groups in total. The smallest absolute Gasteiger partial charge is 0.132 e. The van der Waals surface area contributed by atoms with Crippen molar-refractivity contribution in [3.63, 3.8) is 0 Å². The highest BCUT2D eigenvalue weighted by atomic mass is 35.5. The predicted octanol–water partition coefficient (Wildman–Crippen LogP) is 1.99. The van der Waals surface area contributed by atoms with Gasteiger partial charge in [0.05, 0.1) is 13.7 Å². The molecule has 78 valence electrons. The van der Waals surface area contributed by atoms with Crippen molar-refractivity contribution in [1.29, 1.82) is 0 Å². The molecule has 4 nitrogen and oxygen atoms in total. The second-order valence-corrected chi connectivity index (χ2v) is 3.41. The number of methoxy groups -OCH3 is 1. The molecule has 0 saturated carbocycles. The number of rotatable bonds is 3. The fourth-order valence-electron chi connectivity index (χ4n) is 1.32. The van der Waals surface area contributed by atoms with E-state index in [-0.39, 0.29) is 0 Å². The monoisotopic (exact) mass is 223 g/mol. The van der Waals surface area contributed by atoms with E-state index in [4.69, 9.17) is 16.3 Å². The van der Waals surface area contributed by atoms with Crippen molar-refractivity contribution in [3.8, 4) is 5.75 Å². The van der Waals surface area contributed by atoms with Crippen molar-refractivity contribution in [1.82, 2.24) is 14.8 Å². The Balaban J connectivity index is 2.28. The van der Waals surface area contributed by atoms with Gasteiger partial charge in [0.1, 0.15) is 10.9 Å². The van der Waals surface area contributed by atoms with Crippen LogP contribution in [0.2, 0.25) is 5.15 Å². The molecule has 2 aromatic heterocycles. The summed E-state index contributed by atoms with van der Waals surface area (Å²) in [5.41, 5.74) is 0.950. The van der Waals surface area contributed by atoms with Gasteiger partial charge in [-0.2, -0.15) is 5.10 Å². The standard InChI is InChI=1S/C10H10ClN3O/c1-15-9-5-10(11)12-6-8(9)7-14-4-2-3-13-14/h2-6H,7H2,1H3. The van der Waals surface area contributed by atoms with Gasteiger partial charge >= 0.3 is 0 Å². The van der Waals surface area contributed by atoms with E-state index in [1.165, 1.54) is 0 Å². The van der Waals surface area contributed by atoms with Gasteiger partial charge < -0.3 is 4.74 Å². The molecule has 0 aliphatic carbocycles. The van der Waals surface area contributed by atoms with Gasteiger partial charge in [0.15, 0.2) is 0 Å². The number of pyridine rings is 1. The Bertz CT molecular complexity index is 442. The summed E-state index contributed by atoms with van der Waals surface area (Å²) >= 11 is 5.76. The van der Waals surface area contributed by atoms with Crippen LogP contribution in [-0.2, 0) is 6.54 Å². The Morgan fingerprint density at radius 3 is 3.07 bits per heavy atom. The van der Waals surface area contributed by atoms with Crippen LogP contribution in [0.1, 0.15) is 5.56 Å². The molecule has 0 fully saturated rings. The van der Waals surface area contributed by atoms with Crippen molar-refractivity contribution in [2.24, 2.45) is 0 Å². The lowest BCUT2D eigenvalue weighted by Gasteiger charge is -2.07. The van der Waals surface area contributed by atoms with Crippen molar-refractivity contribution in [2.45, 2.75) is 6.54 Å². The van der Waals surface area contributed by atoms with Crippen molar-refractivity contribution in [3.05, 3.63) is 41.4 Å². The SMILES string of the molecule is COc1cc(Cl)ncc1Cn1cccn1. The van der Waals surface area contributed by atoms with Gasteiger partial charge in [-0.05, 0) is 6.07 Å². The van der Waals surface area contributed by atoms with Gasteiger partial charge in [-0.25, -0.2) is 4.98 Å². The third kappa shape index (κ3) is 2.27. The average molecular weight is 224 g/mol. The molecule has 5 heteroatoms. The number of halogens is 1. The van der Waals surface area contributed by atoms with Gasteiger partial charge in [-0.1, -0.05) is 11.6 Å². The molecule has 0 saturated heterocycles. The second kappa shape index (κ2) is 4.31. The predicted molar refractivity (Wildman–Crippen MR) is 57.1 cm³/mol. The molecular weight excluding hydrogens is 214 g/mol. The summed E-state index contributed by atoms with van der Waals surface area (Å²) in [5.74, 6) is 0.727. The molecule has 0 unspecified atom stereocenters. The van der Waals surface area contributed by atoms with Gasteiger partial charge in [0, 0.05) is 30.2 Å². The Kier molecular flexibility index (Phi) is 2.87. The largest absolute Gasteiger partial charge is 0.496 e. The lowest BCUT2D eigenvalue weighted by Crippen LogP contribution is -2.02. The summed E-state index contributed by atoms with van der Waals surface area (Å²) in [6, 6.07) is 3.57. The molecule has 0 spiro atoms. The van der Waals surface area contributed by atoms with Gasteiger partial charge in [-0.15, -0.1) is 0 Å². The van der Waals surface area contributed by atoms with Crippen LogP contribution in [0, 0.1) is 0 Å². The Morgan fingerprint density at radius 1 is 1.53 bits per heavy atom. The quantitative estimate of drug-likeness (QED) is 0.748. The number of aromatic nitrogens is 3.